The summed E-state index contributed by atoms with van der Waals surface area (Å²) >= 11 is 0. The van der Waals surface area contributed by atoms with Gasteiger partial charge in [0.1, 0.15) is 5.60 Å². The molecule has 0 amide bonds. The highest BCUT2D eigenvalue weighted by molar-refractivity contribution is 5.70. The Balaban J connectivity index is 1.80. The Bertz CT molecular complexity index is 478. The molecule has 0 bridgehead atoms. The predicted octanol–water partition coefficient (Wildman–Crippen LogP) is 2.97. The molecule has 0 atom stereocenters. The summed E-state index contributed by atoms with van der Waals surface area (Å²) in [5.41, 5.74) is 0.873. The first-order chi connectivity index (χ1) is 10.9. The fourth-order valence-electron chi connectivity index (χ4n) is 2.47. The monoisotopic (exact) mass is 318 g/mol. The minimum atomic E-state index is -0.408. The third kappa shape index (κ3) is 8.14. The van der Waals surface area contributed by atoms with Crippen LogP contribution >= 0.6 is 0 Å². The molecule has 0 heterocycles. The Hall–Kier alpha value is -1.39. The van der Waals surface area contributed by atoms with Gasteiger partial charge in [-0.3, -0.25) is 9.69 Å². The Labute approximate surface area is 140 Å². The quantitative estimate of drug-likeness (QED) is 0.711. The van der Waals surface area contributed by atoms with Gasteiger partial charge in [-0.05, 0) is 39.2 Å². The van der Waals surface area contributed by atoms with E-state index >= 15 is 0 Å². The molecule has 0 unspecified atom stereocenters. The van der Waals surface area contributed by atoms with Crippen LogP contribution in [0.5, 0.6) is 0 Å². The molecule has 1 aliphatic rings. The minimum Gasteiger partial charge on any atom is -0.460 e. The molecule has 2 rings (SSSR count). The highest BCUT2D eigenvalue weighted by Crippen LogP contribution is 2.18. The first-order valence-electron chi connectivity index (χ1n) is 8.64. The third-order valence-corrected chi connectivity index (χ3v) is 3.74. The second kappa shape index (κ2) is 8.46. The number of benzene rings is 1. The van der Waals surface area contributed by atoms with E-state index in [1.807, 2.05) is 26.8 Å². The van der Waals surface area contributed by atoms with Crippen LogP contribution in [0.4, 0.5) is 0 Å². The molecule has 0 radical (unpaired) electrons. The van der Waals surface area contributed by atoms with Crippen molar-refractivity contribution < 1.29 is 9.53 Å². The maximum Gasteiger partial charge on any atom is 0.307 e. The summed E-state index contributed by atoms with van der Waals surface area (Å²) in [6.07, 6.45) is 3.04. The van der Waals surface area contributed by atoms with Gasteiger partial charge < -0.3 is 10.1 Å². The van der Waals surface area contributed by atoms with E-state index in [2.05, 4.69) is 34.5 Å². The maximum atomic E-state index is 11.9. The van der Waals surface area contributed by atoms with E-state index in [1.165, 1.54) is 18.4 Å². The van der Waals surface area contributed by atoms with Crippen LogP contribution in [-0.4, -0.2) is 42.1 Å². The van der Waals surface area contributed by atoms with E-state index in [0.717, 1.165) is 32.2 Å². The molecular formula is C19H30N2O2. The highest BCUT2D eigenvalue weighted by Gasteiger charge is 2.21. The van der Waals surface area contributed by atoms with E-state index in [0.29, 0.717) is 6.42 Å². The summed E-state index contributed by atoms with van der Waals surface area (Å²) in [4.78, 5) is 14.3. The van der Waals surface area contributed by atoms with E-state index in [9.17, 15) is 4.79 Å². The van der Waals surface area contributed by atoms with E-state index in [1.54, 1.807) is 0 Å². The molecular weight excluding hydrogens is 288 g/mol. The molecule has 23 heavy (non-hydrogen) atoms. The van der Waals surface area contributed by atoms with E-state index in [4.69, 9.17) is 4.74 Å². The maximum absolute atomic E-state index is 11.9. The third-order valence-electron chi connectivity index (χ3n) is 3.74. The SMILES string of the molecule is CC(C)(C)OC(=O)CCN(CCNC1CC1)Cc1ccccc1. The summed E-state index contributed by atoms with van der Waals surface area (Å²) in [5, 5.41) is 3.54. The Morgan fingerprint density at radius 2 is 1.91 bits per heavy atom. The standard InChI is InChI=1S/C19H30N2O2/c1-19(2,3)23-18(22)11-13-21(14-12-20-17-9-10-17)15-16-7-5-4-6-8-16/h4-8,17,20H,9-15H2,1-3H3. The first kappa shape index (κ1) is 18.0. The van der Waals surface area contributed by atoms with Gasteiger partial charge in [0, 0.05) is 32.2 Å². The van der Waals surface area contributed by atoms with Crippen molar-refractivity contribution in [2.45, 2.75) is 58.2 Å². The second-order valence-corrected chi connectivity index (χ2v) is 7.33. The van der Waals surface area contributed by atoms with Crippen molar-refractivity contribution in [2.75, 3.05) is 19.6 Å². The van der Waals surface area contributed by atoms with Crippen LogP contribution in [-0.2, 0) is 16.1 Å². The Kier molecular flexibility index (Phi) is 6.60. The summed E-state index contributed by atoms with van der Waals surface area (Å²) in [6.45, 7) is 9.26. The van der Waals surface area contributed by atoms with Gasteiger partial charge in [0.25, 0.3) is 0 Å². The fraction of sp³-hybridized carbons (Fsp3) is 0.632. The number of nitrogens with zero attached hydrogens (tertiary/aromatic N) is 1. The van der Waals surface area contributed by atoms with Gasteiger partial charge in [-0.25, -0.2) is 0 Å². The van der Waals surface area contributed by atoms with Crippen molar-refractivity contribution in [3.63, 3.8) is 0 Å². The summed E-state index contributed by atoms with van der Waals surface area (Å²) in [7, 11) is 0. The molecule has 0 spiro atoms. The molecule has 1 aromatic rings. The van der Waals surface area contributed by atoms with Gasteiger partial charge in [0.2, 0.25) is 0 Å². The van der Waals surface area contributed by atoms with Gasteiger partial charge in [0.15, 0.2) is 0 Å². The molecule has 128 valence electrons. The van der Waals surface area contributed by atoms with Crippen LogP contribution in [0.2, 0.25) is 0 Å². The molecule has 0 aliphatic heterocycles. The molecule has 4 heteroatoms. The van der Waals surface area contributed by atoms with Crippen molar-refractivity contribution >= 4 is 5.97 Å². The molecule has 0 aromatic heterocycles. The number of rotatable bonds is 9. The average Bonchev–Trinajstić information content (AvgIpc) is 3.28. The number of esters is 1. The molecule has 1 aliphatic carbocycles. The second-order valence-electron chi connectivity index (χ2n) is 7.33. The smallest absolute Gasteiger partial charge is 0.307 e. The predicted molar refractivity (Wildman–Crippen MR) is 93.2 cm³/mol. The zero-order valence-electron chi connectivity index (χ0n) is 14.7. The van der Waals surface area contributed by atoms with Gasteiger partial charge >= 0.3 is 5.97 Å². The minimum absolute atomic E-state index is 0.120. The lowest BCUT2D eigenvalue weighted by Gasteiger charge is -2.24. The highest BCUT2D eigenvalue weighted by atomic mass is 16.6. The summed E-state index contributed by atoms with van der Waals surface area (Å²) in [5.74, 6) is -0.120. The van der Waals surface area contributed by atoms with Crippen LogP contribution < -0.4 is 5.32 Å². The van der Waals surface area contributed by atoms with Crippen molar-refractivity contribution in [2.24, 2.45) is 0 Å². The Morgan fingerprint density at radius 1 is 1.22 bits per heavy atom. The van der Waals surface area contributed by atoms with Gasteiger partial charge in [-0.15, -0.1) is 0 Å². The zero-order chi connectivity index (χ0) is 16.7. The number of ether oxygens (including phenoxy) is 1. The topological polar surface area (TPSA) is 41.6 Å². The number of hydrogen-bond acceptors (Lipinski definition) is 4. The number of nitrogens with one attached hydrogen (secondary N) is 1. The molecule has 1 saturated carbocycles. The van der Waals surface area contributed by atoms with E-state index in [-0.39, 0.29) is 5.97 Å². The molecule has 4 nitrogen and oxygen atoms in total. The van der Waals surface area contributed by atoms with Crippen molar-refractivity contribution in [3.05, 3.63) is 35.9 Å². The largest absolute Gasteiger partial charge is 0.460 e. The number of hydrogen-bond donors (Lipinski definition) is 1. The first-order valence-corrected chi connectivity index (χ1v) is 8.64. The average molecular weight is 318 g/mol. The van der Waals surface area contributed by atoms with Crippen molar-refractivity contribution in [1.29, 1.82) is 0 Å². The molecule has 1 N–H and O–H groups in total. The lowest BCUT2D eigenvalue weighted by Crippen LogP contribution is -2.35. The van der Waals surface area contributed by atoms with Gasteiger partial charge in [0.05, 0.1) is 6.42 Å². The Morgan fingerprint density at radius 3 is 2.52 bits per heavy atom. The van der Waals surface area contributed by atoms with Crippen LogP contribution in [0.15, 0.2) is 30.3 Å². The molecule has 0 saturated heterocycles. The van der Waals surface area contributed by atoms with Crippen LogP contribution in [0.25, 0.3) is 0 Å². The normalized spacial score (nSPS) is 15.0. The van der Waals surface area contributed by atoms with Crippen LogP contribution in [0, 0.1) is 0 Å². The number of carbonyl (C=O) groups excluding carboxylic acids is 1. The lowest BCUT2D eigenvalue weighted by molar-refractivity contribution is -0.155. The zero-order valence-corrected chi connectivity index (χ0v) is 14.7. The number of carbonyl (C=O) groups is 1. The van der Waals surface area contributed by atoms with Crippen LogP contribution in [0.1, 0.15) is 45.6 Å². The molecule has 1 fully saturated rings. The summed E-state index contributed by atoms with van der Waals surface area (Å²) in [6, 6.07) is 11.1. The lowest BCUT2D eigenvalue weighted by atomic mass is 10.2. The fourth-order valence-corrected chi connectivity index (χ4v) is 2.47. The summed E-state index contributed by atoms with van der Waals surface area (Å²) < 4.78 is 5.41. The van der Waals surface area contributed by atoms with E-state index < -0.39 is 5.60 Å². The molecule has 1 aromatic carbocycles. The van der Waals surface area contributed by atoms with Gasteiger partial charge in [-0.1, -0.05) is 30.3 Å². The van der Waals surface area contributed by atoms with Crippen LogP contribution in [0.3, 0.4) is 0 Å². The van der Waals surface area contributed by atoms with Crippen molar-refractivity contribution in [1.82, 2.24) is 10.2 Å². The van der Waals surface area contributed by atoms with Crippen molar-refractivity contribution in [3.8, 4) is 0 Å². The van der Waals surface area contributed by atoms with Gasteiger partial charge in [-0.2, -0.15) is 0 Å².